The largest absolute Gasteiger partial charge is 0.372 e. The van der Waals surface area contributed by atoms with Crippen LogP contribution in [0.1, 0.15) is 16.7 Å². The summed E-state index contributed by atoms with van der Waals surface area (Å²) in [6.45, 7) is 2.50. The Balaban J connectivity index is 1.46. The fraction of sp³-hybridized carbons (Fsp3) is 0.0800. The highest BCUT2D eigenvalue weighted by Crippen LogP contribution is 2.31. The van der Waals surface area contributed by atoms with Crippen LogP contribution in [0.15, 0.2) is 89.0 Å². The first-order valence-corrected chi connectivity index (χ1v) is 12.7. The monoisotopic (exact) mass is 535 g/mol. The van der Waals surface area contributed by atoms with E-state index in [2.05, 4.69) is 20.8 Å². The lowest BCUT2D eigenvalue weighted by molar-refractivity contribution is -0.385. The van der Waals surface area contributed by atoms with Crippen molar-refractivity contribution < 1.29 is 17.5 Å². The number of aromatic nitrogens is 1. The summed E-state index contributed by atoms with van der Waals surface area (Å²) in [4.78, 5) is 14.8. The Morgan fingerprint density at radius 1 is 1.14 bits per heavy atom. The molecule has 2 N–H and O–H groups in total. The molecule has 0 amide bonds. The zero-order valence-electron chi connectivity index (χ0n) is 19.5. The number of hydrogen-bond donors (Lipinski definition) is 2. The van der Waals surface area contributed by atoms with E-state index in [4.69, 9.17) is 16.4 Å². The highest BCUT2D eigenvalue weighted by atomic mass is 32.2. The predicted molar refractivity (Wildman–Crippen MR) is 144 cm³/mol. The quantitative estimate of drug-likeness (QED) is 0.112. The first-order chi connectivity index (χ1) is 17.7. The topological polar surface area (TPSA) is 136 Å². The van der Waals surface area contributed by atoms with Crippen molar-refractivity contribution in [2.24, 2.45) is 5.10 Å². The molecule has 0 spiro atoms. The number of hydrogen-bond acceptors (Lipinski definition) is 8. The number of pyridine rings is 1. The Morgan fingerprint density at radius 3 is 2.65 bits per heavy atom. The average molecular weight is 536 g/mol. The number of fused-ring (bicyclic) bond motifs is 1. The van der Waals surface area contributed by atoms with Crippen LogP contribution in [0.25, 0.3) is 10.9 Å². The number of nitro groups is 1. The molecule has 0 radical (unpaired) electrons. The molecule has 0 fully saturated rings. The third-order valence-corrected chi connectivity index (χ3v) is 6.70. The van der Waals surface area contributed by atoms with Crippen molar-refractivity contribution in [1.29, 1.82) is 0 Å². The molecule has 1 aromatic heterocycles. The number of hydrazone groups is 1. The summed E-state index contributed by atoms with van der Waals surface area (Å²) in [6, 6.07) is 19.7. The molecule has 1 heterocycles. The SMILES string of the molecule is Cc1ccc(CNC(=S)N/N=C/c2ccc(OS(=O)(=O)c3cccc4cccnc34)c([N+](=O)[O-])c2)cc1. The molecule has 4 aromatic rings. The van der Waals surface area contributed by atoms with Gasteiger partial charge in [-0.1, -0.05) is 48.0 Å². The van der Waals surface area contributed by atoms with Crippen LogP contribution < -0.4 is 14.9 Å². The zero-order chi connectivity index (χ0) is 26.4. The van der Waals surface area contributed by atoms with E-state index < -0.39 is 26.5 Å². The van der Waals surface area contributed by atoms with Crippen LogP contribution in [0, 0.1) is 17.0 Å². The molecule has 3 aromatic carbocycles. The molecule has 4 rings (SSSR count). The van der Waals surface area contributed by atoms with Crippen molar-refractivity contribution in [2.75, 3.05) is 0 Å². The van der Waals surface area contributed by atoms with Gasteiger partial charge >= 0.3 is 15.8 Å². The average Bonchev–Trinajstić information content (AvgIpc) is 2.88. The maximum atomic E-state index is 13.0. The summed E-state index contributed by atoms with van der Waals surface area (Å²) < 4.78 is 31.1. The van der Waals surface area contributed by atoms with Crippen molar-refractivity contribution in [3.05, 3.63) is 106 Å². The van der Waals surface area contributed by atoms with E-state index >= 15 is 0 Å². The summed E-state index contributed by atoms with van der Waals surface area (Å²) in [5, 5.41) is 19.5. The highest BCUT2D eigenvalue weighted by molar-refractivity contribution is 7.87. The van der Waals surface area contributed by atoms with Gasteiger partial charge in [-0.15, -0.1) is 0 Å². The first-order valence-electron chi connectivity index (χ1n) is 10.9. The Morgan fingerprint density at radius 2 is 1.89 bits per heavy atom. The second-order valence-corrected chi connectivity index (χ2v) is 9.81. The van der Waals surface area contributed by atoms with Crippen molar-refractivity contribution in [3.8, 4) is 5.75 Å². The van der Waals surface area contributed by atoms with E-state index in [1.807, 2.05) is 31.2 Å². The molecule has 0 unspecified atom stereocenters. The molecule has 188 valence electrons. The van der Waals surface area contributed by atoms with Gasteiger partial charge < -0.3 is 9.50 Å². The summed E-state index contributed by atoms with van der Waals surface area (Å²) in [6.07, 6.45) is 2.77. The molecule has 0 aliphatic rings. The molecule has 0 saturated heterocycles. The summed E-state index contributed by atoms with van der Waals surface area (Å²) >= 11 is 5.19. The van der Waals surface area contributed by atoms with Crippen LogP contribution in [0.5, 0.6) is 5.75 Å². The van der Waals surface area contributed by atoms with E-state index in [0.717, 1.165) is 17.2 Å². The Kier molecular flexibility index (Phi) is 7.70. The van der Waals surface area contributed by atoms with Crippen molar-refractivity contribution in [3.63, 3.8) is 0 Å². The fourth-order valence-electron chi connectivity index (χ4n) is 3.36. The molecule has 10 nitrogen and oxygen atoms in total. The Bertz CT molecular complexity index is 1600. The van der Waals surface area contributed by atoms with Gasteiger partial charge in [0.1, 0.15) is 4.90 Å². The van der Waals surface area contributed by atoms with Gasteiger partial charge in [-0.2, -0.15) is 13.5 Å². The van der Waals surface area contributed by atoms with Gasteiger partial charge in [0, 0.05) is 29.8 Å². The molecule has 0 atom stereocenters. The molecule has 0 saturated carbocycles. The number of rotatable bonds is 8. The van der Waals surface area contributed by atoms with Crippen molar-refractivity contribution >= 4 is 50.3 Å². The van der Waals surface area contributed by atoms with E-state index in [1.165, 1.54) is 30.6 Å². The van der Waals surface area contributed by atoms with Crippen LogP contribution in [0.2, 0.25) is 0 Å². The third kappa shape index (κ3) is 6.42. The molecule has 0 aliphatic heterocycles. The van der Waals surface area contributed by atoms with E-state index in [1.54, 1.807) is 24.3 Å². The molecule has 0 bridgehead atoms. The maximum Gasteiger partial charge on any atom is 0.341 e. The number of benzene rings is 3. The number of nitrogens with one attached hydrogen (secondary N) is 2. The van der Waals surface area contributed by atoms with E-state index in [0.29, 0.717) is 17.5 Å². The van der Waals surface area contributed by atoms with Gasteiger partial charge in [-0.25, -0.2) is 0 Å². The normalized spacial score (nSPS) is 11.4. The van der Waals surface area contributed by atoms with Gasteiger partial charge in [0.05, 0.1) is 16.7 Å². The van der Waals surface area contributed by atoms with Crippen LogP contribution >= 0.6 is 12.2 Å². The molecular formula is C25H21N5O5S2. The van der Waals surface area contributed by atoms with Crippen molar-refractivity contribution in [2.45, 2.75) is 18.4 Å². The number of aryl methyl sites for hydroxylation is 1. The number of para-hydroxylation sites is 1. The molecule has 0 aliphatic carbocycles. The standard InChI is InChI=1S/C25H21N5O5S2/c1-17-7-9-18(10-8-17)15-27-25(36)29-28-16-19-11-12-22(21(14-19)30(31)32)35-37(33,34)23-6-2-4-20-5-3-13-26-24(20)23/h2-14,16H,15H2,1H3,(H2,27,29,36)/b28-16+. The third-order valence-electron chi connectivity index (χ3n) is 5.20. The van der Waals surface area contributed by atoms with Gasteiger partial charge in [0.2, 0.25) is 5.75 Å². The highest BCUT2D eigenvalue weighted by Gasteiger charge is 2.25. The van der Waals surface area contributed by atoms with Crippen molar-refractivity contribution in [1.82, 2.24) is 15.7 Å². The minimum absolute atomic E-state index is 0.193. The summed E-state index contributed by atoms with van der Waals surface area (Å²) in [5.74, 6) is -0.432. The Labute approximate surface area is 218 Å². The first kappa shape index (κ1) is 25.7. The Hall–Kier alpha value is -4.42. The van der Waals surface area contributed by atoms with Crippen LogP contribution in [0.4, 0.5) is 5.69 Å². The fourth-order valence-corrected chi connectivity index (χ4v) is 4.61. The zero-order valence-corrected chi connectivity index (χ0v) is 21.1. The van der Waals surface area contributed by atoms with E-state index in [9.17, 15) is 18.5 Å². The molecule has 37 heavy (non-hydrogen) atoms. The van der Waals surface area contributed by atoms with Crippen LogP contribution in [-0.4, -0.2) is 29.7 Å². The predicted octanol–water partition coefficient (Wildman–Crippen LogP) is 4.22. The smallest absolute Gasteiger partial charge is 0.341 e. The van der Waals surface area contributed by atoms with E-state index in [-0.39, 0.29) is 15.5 Å². The van der Waals surface area contributed by atoms with Crippen LogP contribution in [0.3, 0.4) is 0 Å². The second kappa shape index (κ2) is 11.1. The molecular weight excluding hydrogens is 514 g/mol. The number of nitrogens with zero attached hydrogens (tertiary/aromatic N) is 3. The minimum Gasteiger partial charge on any atom is -0.372 e. The summed E-state index contributed by atoms with van der Waals surface area (Å²) in [5.41, 5.74) is 4.83. The number of thiocarbonyl (C=S) groups is 1. The van der Waals surface area contributed by atoms with Gasteiger partial charge in [0.15, 0.2) is 5.11 Å². The number of nitro benzene ring substituents is 1. The minimum atomic E-state index is -4.41. The van der Waals surface area contributed by atoms with Gasteiger partial charge in [-0.3, -0.25) is 20.5 Å². The maximum absolute atomic E-state index is 13.0. The van der Waals surface area contributed by atoms with Crippen LogP contribution in [-0.2, 0) is 16.7 Å². The lowest BCUT2D eigenvalue weighted by Crippen LogP contribution is -2.31. The lowest BCUT2D eigenvalue weighted by atomic mass is 10.1. The van der Waals surface area contributed by atoms with Gasteiger partial charge in [-0.05, 0) is 49.0 Å². The lowest BCUT2D eigenvalue weighted by Gasteiger charge is -2.10. The second-order valence-electron chi connectivity index (χ2n) is 7.89. The van der Waals surface area contributed by atoms with Gasteiger partial charge in [0.25, 0.3) is 0 Å². The molecule has 12 heteroatoms. The summed E-state index contributed by atoms with van der Waals surface area (Å²) in [7, 11) is -4.41.